The molecule has 1 aromatic heterocycles. The number of rotatable bonds is 3. The van der Waals surface area contributed by atoms with E-state index in [2.05, 4.69) is 9.97 Å². The van der Waals surface area contributed by atoms with Gasteiger partial charge in [-0.05, 0) is 18.2 Å². The van der Waals surface area contributed by atoms with E-state index in [-0.39, 0.29) is 11.8 Å². The first-order valence-electron chi connectivity index (χ1n) is 9.43. The van der Waals surface area contributed by atoms with Crippen molar-refractivity contribution >= 4 is 35.0 Å². The lowest BCUT2D eigenvalue weighted by Crippen LogP contribution is -2.50. The van der Waals surface area contributed by atoms with Gasteiger partial charge in [-0.25, -0.2) is 9.97 Å². The first-order valence-corrected chi connectivity index (χ1v) is 10.2. The number of benzene rings is 2. The van der Waals surface area contributed by atoms with Crippen LogP contribution in [0.15, 0.2) is 60.9 Å². The zero-order valence-corrected chi connectivity index (χ0v) is 17.5. The lowest BCUT2D eigenvalue weighted by molar-refractivity contribution is 0.0535. The molecule has 1 aliphatic heterocycles. The third kappa shape index (κ3) is 4.45. The van der Waals surface area contributed by atoms with E-state index >= 15 is 0 Å². The van der Waals surface area contributed by atoms with Gasteiger partial charge in [0, 0.05) is 59.7 Å². The van der Waals surface area contributed by atoms with Gasteiger partial charge in [-0.2, -0.15) is 0 Å². The van der Waals surface area contributed by atoms with Crippen LogP contribution in [0.3, 0.4) is 0 Å². The molecular weight excluding hydrogens is 423 g/mol. The molecule has 3 aromatic rings. The predicted molar refractivity (Wildman–Crippen MR) is 116 cm³/mol. The molecule has 1 saturated heterocycles. The number of halogens is 2. The molecule has 2 amide bonds. The van der Waals surface area contributed by atoms with Crippen molar-refractivity contribution in [3.63, 3.8) is 0 Å². The number of carbonyl (C=O) groups is 2. The van der Waals surface area contributed by atoms with Gasteiger partial charge < -0.3 is 9.80 Å². The highest BCUT2D eigenvalue weighted by atomic mass is 35.5. The Hall–Kier alpha value is -2.96. The van der Waals surface area contributed by atoms with E-state index in [1.165, 1.54) is 0 Å². The van der Waals surface area contributed by atoms with Gasteiger partial charge in [0.1, 0.15) is 0 Å². The maximum Gasteiger partial charge on any atom is 0.257 e. The fraction of sp³-hybridized carbons (Fsp3) is 0.182. The standard InChI is InChI=1S/C22H18Cl2N4O2/c23-18-10-16(11-19(24)12-18)21(29)27-6-8-28(9-7-27)22(30)17-13-25-20(26-14-17)15-4-2-1-3-5-15/h1-5,10-14H,6-9H2. The molecule has 0 spiro atoms. The number of aromatic nitrogens is 2. The molecule has 0 bridgehead atoms. The summed E-state index contributed by atoms with van der Waals surface area (Å²) < 4.78 is 0. The van der Waals surface area contributed by atoms with E-state index in [1.54, 1.807) is 40.4 Å². The molecule has 2 heterocycles. The van der Waals surface area contributed by atoms with E-state index in [1.807, 2.05) is 30.3 Å². The maximum atomic E-state index is 12.8. The molecule has 2 aromatic carbocycles. The molecule has 152 valence electrons. The molecule has 1 aliphatic rings. The van der Waals surface area contributed by atoms with Crippen molar-refractivity contribution in [2.45, 2.75) is 0 Å². The minimum atomic E-state index is -0.151. The SMILES string of the molecule is O=C(c1cnc(-c2ccccc2)nc1)N1CCN(C(=O)c2cc(Cl)cc(Cl)c2)CC1. The summed E-state index contributed by atoms with van der Waals surface area (Å²) in [5, 5.41) is 0.831. The van der Waals surface area contributed by atoms with E-state index in [9.17, 15) is 9.59 Å². The van der Waals surface area contributed by atoms with Crippen molar-refractivity contribution in [2.24, 2.45) is 0 Å². The van der Waals surface area contributed by atoms with Crippen molar-refractivity contribution in [1.29, 1.82) is 0 Å². The van der Waals surface area contributed by atoms with Crippen molar-refractivity contribution in [3.8, 4) is 11.4 Å². The fourth-order valence-corrected chi connectivity index (χ4v) is 3.86. The monoisotopic (exact) mass is 440 g/mol. The molecule has 6 nitrogen and oxygen atoms in total. The zero-order chi connectivity index (χ0) is 21.1. The molecule has 8 heteroatoms. The average molecular weight is 441 g/mol. The van der Waals surface area contributed by atoms with Crippen LogP contribution in [0.1, 0.15) is 20.7 Å². The molecule has 30 heavy (non-hydrogen) atoms. The number of piperazine rings is 1. The second-order valence-electron chi connectivity index (χ2n) is 6.90. The average Bonchev–Trinajstić information content (AvgIpc) is 2.78. The van der Waals surface area contributed by atoms with Crippen LogP contribution in [0.2, 0.25) is 10.0 Å². The van der Waals surface area contributed by atoms with E-state index in [0.29, 0.717) is 53.2 Å². The lowest BCUT2D eigenvalue weighted by Gasteiger charge is -2.34. The van der Waals surface area contributed by atoms with Crippen molar-refractivity contribution in [3.05, 3.63) is 82.1 Å². The van der Waals surface area contributed by atoms with E-state index in [0.717, 1.165) is 5.56 Å². The Labute approximate surface area is 184 Å². The van der Waals surface area contributed by atoms with Crippen LogP contribution in [-0.2, 0) is 0 Å². The third-order valence-electron chi connectivity index (χ3n) is 4.89. The molecule has 1 fully saturated rings. The minimum Gasteiger partial charge on any atom is -0.335 e. The fourth-order valence-electron chi connectivity index (χ4n) is 3.33. The largest absolute Gasteiger partial charge is 0.335 e. The van der Waals surface area contributed by atoms with Crippen LogP contribution in [-0.4, -0.2) is 57.8 Å². The van der Waals surface area contributed by atoms with Gasteiger partial charge >= 0.3 is 0 Å². The Morgan fingerprint density at radius 3 is 1.77 bits per heavy atom. The van der Waals surface area contributed by atoms with Crippen molar-refractivity contribution < 1.29 is 9.59 Å². The Kier molecular flexibility index (Phi) is 5.97. The topological polar surface area (TPSA) is 66.4 Å². The van der Waals surface area contributed by atoms with Gasteiger partial charge in [0.15, 0.2) is 5.82 Å². The summed E-state index contributed by atoms with van der Waals surface area (Å²) in [5.74, 6) is 0.275. The zero-order valence-electron chi connectivity index (χ0n) is 16.0. The molecule has 0 saturated carbocycles. The van der Waals surface area contributed by atoms with Gasteiger partial charge in [0.2, 0.25) is 0 Å². The van der Waals surface area contributed by atoms with Gasteiger partial charge in [-0.3, -0.25) is 9.59 Å². The predicted octanol–water partition coefficient (Wildman–Crippen LogP) is 4.05. The van der Waals surface area contributed by atoms with Crippen LogP contribution >= 0.6 is 23.2 Å². The Morgan fingerprint density at radius 1 is 0.733 bits per heavy atom. The number of carbonyl (C=O) groups excluding carboxylic acids is 2. The summed E-state index contributed by atoms with van der Waals surface area (Å²) in [6.07, 6.45) is 3.09. The van der Waals surface area contributed by atoms with Crippen LogP contribution in [0, 0.1) is 0 Å². The number of hydrogen-bond acceptors (Lipinski definition) is 4. The van der Waals surface area contributed by atoms with Gasteiger partial charge in [-0.15, -0.1) is 0 Å². The lowest BCUT2D eigenvalue weighted by atomic mass is 10.1. The van der Waals surface area contributed by atoms with Gasteiger partial charge in [0.25, 0.3) is 11.8 Å². The summed E-state index contributed by atoms with van der Waals surface area (Å²) in [6.45, 7) is 1.72. The minimum absolute atomic E-state index is 0.146. The Morgan fingerprint density at radius 2 is 1.23 bits per heavy atom. The van der Waals surface area contributed by atoms with Crippen LogP contribution in [0.25, 0.3) is 11.4 Å². The highest BCUT2D eigenvalue weighted by molar-refractivity contribution is 6.35. The van der Waals surface area contributed by atoms with E-state index in [4.69, 9.17) is 23.2 Å². The third-order valence-corrected chi connectivity index (χ3v) is 5.33. The first kappa shape index (κ1) is 20.3. The Bertz CT molecular complexity index is 1050. The Balaban J connectivity index is 1.39. The van der Waals surface area contributed by atoms with Crippen molar-refractivity contribution in [2.75, 3.05) is 26.2 Å². The number of nitrogens with zero attached hydrogens (tertiary/aromatic N) is 4. The molecule has 0 radical (unpaired) electrons. The van der Waals surface area contributed by atoms with Crippen LogP contribution in [0.4, 0.5) is 0 Å². The van der Waals surface area contributed by atoms with Gasteiger partial charge in [0.05, 0.1) is 5.56 Å². The highest BCUT2D eigenvalue weighted by Crippen LogP contribution is 2.21. The quantitative estimate of drug-likeness (QED) is 0.615. The van der Waals surface area contributed by atoms with Crippen LogP contribution in [0.5, 0.6) is 0 Å². The summed E-state index contributed by atoms with van der Waals surface area (Å²) in [6, 6.07) is 14.4. The second-order valence-corrected chi connectivity index (χ2v) is 7.78. The smallest absolute Gasteiger partial charge is 0.257 e. The molecule has 0 unspecified atom stereocenters. The summed E-state index contributed by atoms with van der Waals surface area (Å²) >= 11 is 12.0. The molecular formula is C22H18Cl2N4O2. The maximum absolute atomic E-state index is 12.8. The molecule has 0 atom stereocenters. The van der Waals surface area contributed by atoms with Crippen LogP contribution < -0.4 is 0 Å². The van der Waals surface area contributed by atoms with E-state index < -0.39 is 0 Å². The summed E-state index contributed by atoms with van der Waals surface area (Å²) in [7, 11) is 0. The first-order chi connectivity index (χ1) is 14.5. The number of hydrogen-bond donors (Lipinski definition) is 0. The molecule has 0 aliphatic carbocycles. The van der Waals surface area contributed by atoms with Gasteiger partial charge in [-0.1, -0.05) is 53.5 Å². The van der Waals surface area contributed by atoms with Crippen molar-refractivity contribution in [1.82, 2.24) is 19.8 Å². The summed E-state index contributed by atoms with van der Waals surface area (Å²) in [5.41, 5.74) is 1.76. The number of amides is 2. The summed E-state index contributed by atoms with van der Waals surface area (Å²) in [4.78, 5) is 37.5. The molecule has 4 rings (SSSR count). The molecule has 0 N–H and O–H groups in total. The highest BCUT2D eigenvalue weighted by Gasteiger charge is 2.26. The second kappa shape index (κ2) is 8.81. The normalized spacial score (nSPS) is 13.9.